The summed E-state index contributed by atoms with van der Waals surface area (Å²) in [6.45, 7) is 0.835. The molecule has 1 aliphatic rings. The van der Waals surface area contributed by atoms with Gasteiger partial charge in [0.25, 0.3) is 0 Å². The lowest BCUT2D eigenvalue weighted by atomic mass is 9.76. The average Bonchev–Trinajstić information content (AvgIpc) is 2.74. The fourth-order valence-corrected chi connectivity index (χ4v) is 4.31. The van der Waals surface area contributed by atoms with E-state index < -0.39 is 0 Å². The van der Waals surface area contributed by atoms with Crippen molar-refractivity contribution in [2.45, 2.75) is 37.8 Å². The van der Waals surface area contributed by atoms with E-state index in [9.17, 15) is 0 Å². The summed E-state index contributed by atoms with van der Waals surface area (Å²) in [7, 11) is 1.74. The first-order valence-electron chi connectivity index (χ1n) is 9.82. The van der Waals surface area contributed by atoms with E-state index >= 15 is 0 Å². The molecule has 0 spiro atoms. The van der Waals surface area contributed by atoms with Crippen LogP contribution in [-0.4, -0.2) is 13.2 Å². The number of para-hydroxylation sites is 1. The Morgan fingerprint density at radius 1 is 0.889 bits per heavy atom. The Morgan fingerprint density at radius 3 is 2.48 bits per heavy atom. The van der Waals surface area contributed by atoms with Crippen LogP contribution in [0.5, 0.6) is 5.75 Å². The predicted molar refractivity (Wildman–Crippen MR) is 111 cm³/mol. The van der Waals surface area contributed by atoms with Crippen molar-refractivity contribution in [3.8, 4) is 5.75 Å². The molecule has 0 aromatic heterocycles. The average molecular weight is 357 g/mol. The molecule has 2 atom stereocenters. The Balaban J connectivity index is 1.56. The summed E-state index contributed by atoms with van der Waals surface area (Å²) in [5.41, 5.74) is 5.64. The number of rotatable bonds is 6. The van der Waals surface area contributed by atoms with Crippen LogP contribution in [0.4, 0.5) is 0 Å². The summed E-state index contributed by atoms with van der Waals surface area (Å²) in [6.07, 6.45) is 3.39. The van der Waals surface area contributed by atoms with Gasteiger partial charge in [0.15, 0.2) is 0 Å². The maximum absolute atomic E-state index is 5.52. The molecule has 0 saturated carbocycles. The Hall–Kier alpha value is -2.58. The Bertz CT molecular complexity index is 874. The van der Waals surface area contributed by atoms with Gasteiger partial charge in [-0.2, -0.15) is 0 Å². The number of hydrogen-bond donors (Lipinski definition) is 1. The highest BCUT2D eigenvalue weighted by atomic mass is 16.5. The number of hydrogen-bond acceptors (Lipinski definition) is 2. The second-order valence-corrected chi connectivity index (χ2v) is 7.33. The van der Waals surface area contributed by atoms with Gasteiger partial charge in [-0.1, -0.05) is 72.8 Å². The minimum atomic E-state index is 0.463. The normalized spacial score (nSPS) is 18.7. The summed E-state index contributed by atoms with van der Waals surface area (Å²) < 4.78 is 5.52. The first-order valence-corrected chi connectivity index (χ1v) is 9.82. The van der Waals surface area contributed by atoms with Gasteiger partial charge in [0, 0.05) is 24.1 Å². The van der Waals surface area contributed by atoms with Gasteiger partial charge in [-0.3, -0.25) is 0 Å². The summed E-state index contributed by atoms with van der Waals surface area (Å²) in [6, 6.07) is 28.6. The van der Waals surface area contributed by atoms with Crippen molar-refractivity contribution in [3.05, 3.63) is 101 Å². The SMILES string of the molecule is COc1ccccc1CN[C@@H]1CCc2ccccc2[C@@H]1Cc1ccccc1. The third-order valence-electron chi connectivity index (χ3n) is 5.71. The molecule has 27 heavy (non-hydrogen) atoms. The number of ether oxygens (including phenoxy) is 1. The van der Waals surface area contributed by atoms with Crippen LogP contribution in [0.3, 0.4) is 0 Å². The van der Waals surface area contributed by atoms with E-state index in [0.29, 0.717) is 12.0 Å². The van der Waals surface area contributed by atoms with Crippen molar-refractivity contribution >= 4 is 0 Å². The topological polar surface area (TPSA) is 21.3 Å². The fourth-order valence-electron chi connectivity index (χ4n) is 4.31. The first-order chi connectivity index (χ1) is 13.3. The van der Waals surface area contributed by atoms with Crippen LogP contribution in [0.25, 0.3) is 0 Å². The third-order valence-corrected chi connectivity index (χ3v) is 5.71. The maximum atomic E-state index is 5.52. The molecule has 138 valence electrons. The van der Waals surface area contributed by atoms with Crippen molar-refractivity contribution in [1.82, 2.24) is 5.32 Å². The van der Waals surface area contributed by atoms with Crippen LogP contribution in [0.2, 0.25) is 0 Å². The molecule has 1 aliphatic carbocycles. The molecular formula is C25H27NO. The molecule has 3 aromatic carbocycles. The fraction of sp³-hybridized carbons (Fsp3) is 0.280. The first kappa shape index (κ1) is 17.8. The zero-order valence-corrected chi connectivity index (χ0v) is 15.9. The highest BCUT2D eigenvalue weighted by Gasteiger charge is 2.29. The van der Waals surface area contributed by atoms with Crippen molar-refractivity contribution < 1.29 is 4.74 Å². The molecular weight excluding hydrogens is 330 g/mol. The molecule has 2 heteroatoms. The van der Waals surface area contributed by atoms with E-state index in [2.05, 4.69) is 72.0 Å². The van der Waals surface area contributed by atoms with Gasteiger partial charge in [-0.05, 0) is 42.0 Å². The summed E-state index contributed by atoms with van der Waals surface area (Å²) in [4.78, 5) is 0. The van der Waals surface area contributed by atoms with Gasteiger partial charge >= 0.3 is 0 Å². The highest BCUT2D eigenvalue weighted by Crippen LogP contribution is 2.35. The second-order valence-electron chi connectivity index (χ2n) is 7.33. The molecule has 1 N–H and O–H groups in total. The molecule has 0 aliphatic heterocycles. The van der Waals surface area contributed by atoms with Gasteiger partial charge in [0.05, 0.1) is 7.11 Å². The number of benzene rings is 3. The Morgan fingerprint density at radius 2 is 1.63 bits per heavy atom. The number of methoxy groups -OCH3 is 1. The molecule has 0 radical (unpaired) electrons. The standard InChI is InChI=1S/C25H27NO/c1-27-25-14-8-6-12-21(25)18-26-24-16-15-20-11-5-7-13-22(20)23(24)17-19-9-3-2-4-10-19/h2-14,23-24,26H,15-18H2,1H3/t23-,24+/m0/s1. The largest absolute Gasteiger partial charge is 0.496 e. The molecule has 2 nitrogen and oxygen atoms in total. The second kappa shape index (κ2) is 8.41. The third kappa shape index (κ3) is 4.06. The summed E-state index contributed by atoms with van der Waals surface area (Å²) >= 11 is 0. The lowest BCUT2D eigenvalue weighted by Gasteiger charge is -2.35. The Labute approximate surface area is 162 Å². The highest BCUT2D eigenvalue weighted by molar-refractivity contribution is 5.37. The van der Waals surface area contributed by atoms with Crippen molar-refractivity contribution in [1.29, 1.82) is 0 Å². The maximum Gasteiger partial charge on any atom is 0.123 e. The van der Waals surface area contributed by atoms with Gasteiger partial charge in [-0.25, -0.2) is 0 Å². The minimum Gasteiger partial charge on any atom is -0.496 e. The van der Waals surface area contributed by atoms with Gasteiger partial charge in [0.1, 0.15) is 5.75 Å². The van der Waals surface area contributed by atoms with Crippen LogP contribution in [0.15, 0.2) is 78.9 Å². The molecule has 0 fully saturated rings. The molecule has 0 heterocycles. The lowest BCUT2D eigenvalue weighted by molar-refractivity contribution is 0.373. The van der Waals surface area contributed by atoms with Crippen LogP contribution in [0, 0.1) is 0 Å². The van der Waals surface area contributed by atoms with E-state index in [1.165, 1.54) is 28.7 Å². The summed E-state index contributed by atoms with van der Waals surface area (Å²) in [5.74, 6) is 1.45. The smallest absolute Gasteiger partial charge is 0.123 e. The van der Waals surface area contributed by atoms with Gasteiger partial charge in [-0.15, -0.1) is 0 Å². The quantitative estimate of drug-likeness (QED) is 0.661. The summed E-state index contributed by atoms with van der Waals surface area (Å²) in [5, 5.41) is 3.84. The van der Waals surface area contributed by atoms with E-state index in [-0.39, 0.29) is 0 Å². The van der Waals surface area contributed by atoms with Gasteiger partial charge in [0.2, 0.25) is 0 Å². The minimum absolute atomic E-state index is 0.463. The van der Waals surface area contributed by atoms with Crippen LogP contribution in [-0.2, 0) is 19.4 Å². The van der Waals surface area contributed by atoms with E-state index in [4.69, 9.17) is 4.74 Å². The Kier molecular flexibility index (Phi) is 5.55. The molecule has 4 rings (SSSR count). The van der Waals surface area contributed by atoms with Crippen LogP contribution < -0.4 is 10.1 Å². The van der Waals surface area contributed by atoms with Gasteiger partial charge < -0.3 is 10.1 Å². The van der Waals surface area contributed by atoms with Crippen molar-refractivity contribution in [2.75, 3.05) is 7.11 Å². The van der Waals surface area contributed by atoms with Crippen LogP contribution >= 0.6 is 0 Å². The van der Waals surface area contributed by atoms with Crippen molar-refractivity contribution in [2.24, 2.45) is 0 Å². The zero-order valence-electron chi connectivity index (χ0n) is 15.9. The number of nitrogens with one attached hydrogen (secondary N) is 1. The van der Waals surface area contributed by atoms with E-state index in [0.717, 1.165) is 25.1 Å². The van der Waals surface area contributed by atoms with Crippen LogP contribution in [0.1, 0.15) is 34.6 Å². The van der Waals surface area contributed by atoms with E-state index in [1.54, 1.807) is 7.11 Å². The van der Waals surface area contributed by atoms with Crippen molar-refractivity contribution in [3.63, 3.8) is 0 Å². The van der Waals surface area contributed by atoms with E-state index in [1.807, 2.05) is 12.1 Å². The number of aryl methyl sites for hydroxylation is 1. The predicted octanol–water partition coefficient (Wildman–Crippen LogP) is 5.13. The lowest BCUT2D eigenvalue weighted by Crippen LogP contribution is -2.39. The molecule has 0 saturated heterocycles. The monoisotopic (exact) mass is 357 g/mol. The molecule has 0 amide bonds. The molecule has 0 bridgehead atoms. The molecule has 0 unspecified atom stereocenters. The molecule has 3 aromatic rings. The number of fused-ring (bicyclic) bond motifs is 1. The zero-order chi connectivity index (χ0) is 18.5.